The topological polar surface area (TPSA) is 80.3 Å². The van der Waals surface area contributed by atoms with Gasteiger partial charge in [0.15, 0.2) is 12.4 Å². The second-order valence-electron chi connectivity index (χ2n) is 5.69. The van der Waals surface area contributed by atoms with Crippen LogP contribution >= 0.6 is 0 Å². The molecule has 0 bridgehead atoms. The second kappa shape index (κ2) is 7.92. The molecule has 0 radical (unpaired) electrons. The number of hydrogen-bond acceptors (Lipinski definition) is 5. The molecule has 7 heteroatoms. The number of aromatic amines is 1. The summed E-state index contributed by atoms with van der Waals surface area (Å²) in [6, 6.07) is 9.32. The van der Waals surface area contributed by atoms with E-state index in [1.54, 1.807) is 4.90 Å². The van der Waals surface area contributed by atoms with Gasteiger partial charge in [-0.25, -0.2) is 4.98 Å². The summed E-state index contributed by atoms with van der Waals surface area (Å²) >= 11 is 0. The molecular weight excluding hydrogens is 308 g/mol. The fraction of sp³-hybridized carbons (Fsp3) is 0.471. The molecule has 1 fully saturated rings. The van der Waals surface area contributed by atoms with Gasteiger partial charge in [-0.3, -0.25) is 9.89 Å². The van der Waals surface area contributed by atoms with E-state index in [-0.39, 0.29) is 18.6 Å². The van der Waals surface area contributed by atoms with E-state index in [0.717, 1.165) is 18.7 Å². The average Bonchev–Trinajstić information content (AvgIpc) is 3.10. The largest absolute Gasteiger partial charge is 0.484 e. The number of aromatic nitrogens is 3. The summed E-state index contributed by atoms with van der Waals surface area (Å²) in [7, 11) is 0. The number of benzene rings is 1. The lowest BCUT2D eigenvalue weighted by Crippen LogP contribution is -2.44. The molecule has 1 aromatic carbocycles. The van der Waals surface area contributed by atoms with Crippen molar-refractivity contribution in [1.82, 2.24) is 20.1 Å². The van der Waals surface area contributed by atoms with E-state index in [0.29, 0.717) is 31.3 Å². The van der Waals surface area contributed by atoms with Crippen LogP contribution in [0.25, 0.3) is 0 Å². The Morgan fingerprint density at radius 3 is 3.04 bits per heavy atom. The summed E-state index contributed by atoms with van der Waals surface area (Å²) in [5.74, 6) is 2.09. The first-order valence-electron chi connectivity index (χ1n) is 8.24. The summed E-state index contributed by atoms with van der Waals surface area (Å²) in [6.07, 6.45) is 1.57. The van der Waals surface area contributed by atoms with E-state index >= 15 is 0 Å². The van der Waals surface area contributed by atoms with Crippen molar-refractivity contribution in [2.45, 2.75) is 25.9 Å². The lowest BCUT2D eigenvalue weighted by Gasteiger charge is -2.31. The van der Waals surface area contributed by atoms with Gasteiger partial charge in [0.2, 0.25) is 0 Å². The average molecular weight is 330 g/mol. The van der Waals surface area contributed by atoms with E-state index in [1.807, 2.05) is 30.3 Å². The molecule has 128 valence electrons. The molecule has 0 saturated carbocycles. The molecule has 3 rings (SSSR count). The van der Waals surface area contributed by atoms with Crippen molar-refractivity contribution in [3.05, 3.63) is 42.0 Å². The molecular formula is C17H22N4O3. The second-order valence-corrected chi connectivity index (χ2v) is 5.69. The van der Waals surface area contributed by atoms with Crippen LogP contribution < -0.4 is 4.74 Å². The Bertz CT molecular complexity index is 659. The van der Waals surface area contributed by atoms with E-state index in [2.05, 4.69) is 22.1 Å². The predicted molar refractivity (Wildman–Crippen MR) is 87.6 cm³/mol. The highest BCUT2D eigenvalue weighted by Gasteiger charge is 2.28. The molecule has 7 nitrogen and oxygen atoms in total. The molecule has 2 heterocycles. The van der Waals surface area contributed by atoms with Crippen molar-refractivity contribution in [2.24, 2.45) is 0 Å². The van der Waals surface area contributed by atoms with Crippen molar-refractivity contribution in [3.8, 4) is 5.75 Å². The minimum absolute atomic E-state index is 0.0197. The summed E-state index contributed by atoms with van der Waals surface area (Å²) in [6.45, 7) is 3.58. The third-order valence-electron chi connectivity index (χ3n) is 3.85. The highest BCUT2D eigenvalue weighted by Crippen LogP contribution is 2.19. The van der Waals surface area contributed by atoms with Crippen molar-refractivity contribution < 1.29 is 14.3 Å². The molecule has 1 amide bonds. The molecule has 2 aromatic rings. The van der Waals surface area contributed by atoms with Crippen LogP contribution in [0.2, 0.25) is 0 Å². The molecule has 1 aliphatic heterocycles. The van der Waals surface area contributed by atoms with Crippen LogP contribution in [0.3, 0.4) is 0 Å². The van der Waals surface area contributed by atoms with Crippen LogP contribution in [0.15, 0.2) is 30.3 Å². The summed E-state index contributed by atoms with van der Waals surface area (Å²) in [5, 5.41) is 7.14. The number of aryl methyl sites for hydroxylation is 1. The Labute approximate surface area is 141 Å². The van der Waals surface area contributed by atoms with Crippen LogP contribution in [-0.2, 0) is 16.0 Å². The van der Waals surface area contributed by atoms with Crippen LogP contribution in [0.4, 0.5) is 0 Å². The number of amides is 1. The van der Waals surface area contributed by atoms with Gasteiger partial charge >= 0.3 is 0 Å². The summed E-state index contributed by atoms with van der Waals surface area (Å²) in [5.41, 5.74) is 0. The van der Waals surface area contributed by atoms with Crippen LogP contribution in [0, 0.1) is 0 Å². The first-order valence-corrected chi connectivity index (χ1v) is 8.24. The number of para-hydroxylation sites is 1. The Morgan fingerprint density at radius 2 is 2.25 bits per heavy atom. The molecule has 0 unspecified atom stereocenters. The SMILES string of the molecule is CCCc1nc([C@H]2CN(C(=O)COc3ccccc3)CCO2)n[nH]1. The normalized spacial score (nSPS) is 17.7. The lowest BCUT2D eigenvalue weighted by atomic mass is 10.2. The van der Waals surface area contributed by atoms with Gasteiger partial charge in [0.25, 0.3) is 5.91 Å². The third-order valence-corrected chi connectivity index (χ3v) is 3.85. The number of nitrogens with zero attached hydrogens (tertiary/aromatic N) is 3. The van der Waals surface area contributed by atoms with E-state index in [4.69, 9.17) is 9.47 Å². The van der Waals surface area contributed by atoms with Gasteiger partial charge in [-0.2, -0.15) is 5.10 Å². The molecule has 0 spiro atoms. The maximum atomic E-state index is 12.4. The maximum absolute atomic E-state index is 12.4. The molecule has 1 N–H and O–H groups in total. The Balaban J connectivity index is 1.55. The zero-order chi connectivity index (χ0) is 16.8. The Morgan fingerprint density at radius 1 is 1.42 bits per heavy atom. The standard InChI is InChI=1S/C17H22N4O3/c1-2-6-15-18-17(20-19-15)14-11-21(9-10-23-14)16(22)12-24-13-7-4-3-5-8-13/h3-5,7-8,14H,2,6,9-12H2,1H3,(H,18,19,20)/t14-/m1/s1. The molecule has 1 saturated heterocycles. The first-order chi connectivity index (χ1) is 11.8. The predicted octanol–water partition coefficient (Wildman–Crippen LogP) is 1.74. The first kappa shape index (κ1) is 16.4. The summed E-state index contributed by atoms with van der Waals surface area (Å²) < 4.78 is 11.2. The monoisotopic (exact) mass is 330 g/mol. The number of nitrogens with one attached hydrogen (secondary N) is 1. The van der Waals surface area contributed by atoms with Gasteiger partial charge in [-0.1, -0.05) is 25.1 Å². The highest BCUT2D eigenvalue weighted by molar-refractivity contribution is 5.77. The quantitative estimate of drug-likeness (QED) is 0.872. The lowest BCUT2D eigenvalue weighted by molar-refractivity contribution is -0.141. The van der Waals surface area contributed by atoms with Gasteiger partial charge in [0, 0.05) is 13.0 Å². The van der Waals surface area contributed by atoms with Crippen molar-refractivity contribution >= 4 is 5.91 Å². The van der Waals surface area contributed by atoms with E-state index in [1.165, 1.54) is 0 Å². The minimum Gasteiger partial charge on any atom is -0.484 e. The number of morpholine rings is 1. The maximum Gasteiger partial charge on any atom is 0.260 e. The fourth-order valence-electron chi connectivity index (χ4n) is 2.59. The molecule has 1 aromatic heterocycles. The Hall–Kier alpha value is -2.41. The van der Waals surface area contributed by atoms with Gasteiger partial charge < -0.3 is 14.4 Å². The molecule has 1 atom stereocenters. The molecule has 1 aliphatic rings. The van der Waals surface area contributed by atoms with Gasteiger partial charge in [-0.15, -0.1) is 0 Å². The summed E-state index contributed by atoms with van der Waals surface area (Å²) in [4.78, 5) is 18.5. The van der Waals surface area contributed by atoms with Gasteiger partial charge in [0.1, 0.15) is 17.7 Å². The fourth-order valence-corrected chi connectivity index (χ4v) is 2.59. The number of hydrogen-bond donors (Lipinski definition) is 1. The van der Waals surface area contributed by atoms with Crippen molar-refractivity contribution in [3.63, 3.8) is 0 Å². The smallest absolute Gasteiger partial charge is 0.260 e. The van der Waals surface area contributed by atoms with E-state index < -0.39 is 0 Å². The van der Waals surface area contributed by atoms with Crippen LogP contribution in [0.5, 0.6) is 5.75 Å². The van der Waals surface area contributed by atoms with Crippen molar-refractivity contribution in [2.75, 3.05) is 26.3 Å². The number of carbonyl (C=O) groups is 1. The van der Waals surface area contributed by atoms with Gasteiger partial charge in [-0.05, 0) is 18.6 Å². The Kier molecular flexibility index (Phi) is 5.43. The number of carbonyl (C=O) groups excluding carboxylic acids is 1. The molecule has 0 aliphatic carbocycles. The zero-order valence-corrected chi connectivity index (χ0v) is 13.8. The minimum atomic E-state index is -0.290. The number of ether oxygens (including phenoxy) is 2. The van der Waals surface area contributed by atoms with E-state index in [9.17, 15) is 4.79 Å². The third kappa shape index (κ3) is 4.11. The number of H-pyrrole nitrogens is 1. The van der Waals surface area contributed by atoms with Gasteiger partial charge in [0.05, 0.1) is 13.2 Å². The van der Waals surface area contributed by atoms with Crippen molar-refractivity contribution in [1.29, 1.82) is 0 Å². The van der Waals surface area contributed by atoms with Crippen LogP contribution in [-0.4, -0.2) is 52.3 Å². The highest BCUT2D eigenvalue weighted by atomic mass is 16.5. The number of rotatable bonds is 6. The van der Waals surface area contributed by atoms with Crippen LogP contribution in [0.1, 0.15) is 31.1 Å². The molecule has 24 heavy (non-hydrogen) atoms. The zero-order valence-electron chi connectivity index (χ0n) is 13.8.